The van der Waals surface area contributed by atoms with Crippen LogP contribution in [-0.4, -0.2) is 366 Å². The average Bonchev–Trinajstić information content (AvgIpc) is 1.60. The molecule has 10 aromatic rings. The van der Waals surface area contributed by atoms with Crippen LogP contribution in [0.15, 0.2) is 65.7 Å². The maximum atomic E-state index is 10.8. The van der Waals surface area contributed by atoms with E-state index in [1.807, 2.05) is 0 Å². The van der Waals surface area contributed by atoms with E-state index in [0.717, 1.165) is 86.0 Å². The van der Waals surface area contributed by atoms with Crippen molar-refractivity contribution in [2.24, 2.45) is 0 Å². The molecule has 5 aliphatic heterocycles. The number of aliphatic hydroxyl groups is 10. The number of hydrogen-bond acceptors (Lipinski definition) is 35. The monoisotopic (exact) mass is 1980 g/mol. The molecule has 45 heteroatoms. The lowest BCUT2D eigenvalue weighted by molar-refractivity contribution is -0.0400. The van der Waals surface area contributed by atoms with Crippen molar-refractivity contribution < 1.29 is 74.7 Å². The molecule has 10 aromatic heterocycles. The normalized spacial score (nSPS) is 26.4. The summed E-state index contributed by atoms with van der Waals surface area (Å²) in [5.41, 5.74) is 43.4. The van der Waals surface area contributed by atoms with E-state index in [1.54, 1.807) is 110 Å². The summed E-state index contributed by atoms with van der Waals surface area (Å²) in [5.74, 6) is 5.06. The Hall–Kier alpha value is -6.22. The van der Waals surface area contributed by atoms with Crippen LogP contribution in [0.2, 0.25) is 0 Å². The quantitative estimate of drug-likeness (QED) is 0.0107. The molecule has 15 heterocycles. The van der Waals surface area contributed by atoms with Gasteiger partial charge >= 0.3 is 0 Å². The second-order valence-corrected chi connectivity index (χ2v) is 62.9. The summed E-state index contributed by atoms with van der Waals surface area (Å²) in [7, 11) is 0. The first kappa shape index (κ1) is 106. The number of hydrogen-bond donors (Lipinski definition) is 16. The lowest BCUT2D eigenvalue weighted by atomic mass is 10.1. The molecule has 0 aliphatic carbocycles. The molecular formula is C87H141N22O15P5S3. The average molecular weight is 1990 g/mol. The Morgan fingerprint density at radius 2 is 0.682 bits per heavy atom. The number of aliphatic hydroxyl groups excluding tert-OH is 10. The zero-order valence-electron chi connectivity index (χ0n) is 78.3. The third kappa shape index (κ3) is 26.0. The fourth-order valence-electron chi connectivity index (χ4n) is 15.9. The van der Waals surface area contributed by atoms with Gasteiger partial charge in [0.05, 0.1) is 65.3 Å². The summed E-state index contributed by atoms with van der Waals surface area (Å²) >= 11 is 4.92. The molecule has 0 saturated carbocycles. The highest BCUT2D eigenvalue weighted by atomic mass is 32.2. The van der Waals surface area contributed by atoms with Gasteiger partial charge < -0.3 is 109 Å². The van der Waals surface area contributed by atoms with E-state index in [2.05, 4.69) is 174 Å². The molecule has 5 saturated heterocycles. The van der Waals surface area contributed by atoms with Crippen molar-refractivity contribution in [1.82, 2.24) is 77.7 Å². The first-order valence-corrected chi connectivity index (χ1v) is 62.9. The first-order chi connectivity index (χ1) is 62.0. The molecular weight excluding hydrogens is 1840 g/mol. The molecule has 20 atom stereocenters. The summed E-state index contributed by atoms with van der Waals surface area (Å²) in [4.78, 5) is 48.4. The van der Waals surface area contributed by atoms with Gasteiger partial charge in [-0.2, -0.15) is 11.8 Å². The van der Waals surface area contributed by atoms with Crippen LogP contribution in [0.3, 0.4) is 0 Å². The molecule has 0 unspecified atom stereocenters. The predicted molar refractivity (Wildman–Crippen MR) is 551 cm³/mol. The molecule has 0 aromatic carbocycles. The number of aryl methyl sites for hydroxylation is 1. The van der Waals surface area contributed by atoms with Crippen LogP contribution in [0.4, 0.5) is 34.5 Å². The number of anilines is 6. The van der Waals surface area contributed by atoms with Gasteiger partial charge in [-0.3, -0.25) is 22.8 Å². The zero-order chi connectivity index (χ0) is 96.7. The van der Waals surface area contributed by atoms with Crippen molar-refractivity contribution in [3.05, 3.63) is 67.0 Å². The predicted octanol–water partition coefficient (Wildman–Crippen LogP) is 8.37. The molecule has 5 fully saturated rings. The highest BCUT2D eigenvalue weighted by Crippen LogP contribution is 2.48. The smallest absolute Gasteiger partial charge is 0.204 e. The molecule has 15 rings (SSSR count). The van der Waals surface area contributed by atoms with E-state index in [4.69, 9.17) is 58.1 Å². The number of ether oxygens (including phenoxy) is 5. The maximum absolute atomic E-state index is 10.8. The number of nitrogen functional groups attached to an aromatic ring is 6. The second-order valence-electron chi connectivity index (χ2n) is 37.9. The summed E-state index contributed by atoms with van der Waals surface area (Å²) in [6.45, 7) is 23.4. The molecule has 22 N–H and O–H groups in total. The minimum atomic E-state index is -1.25. The Bertz CT molecular complexity index is 5820. The number of nitrogens with two attached hydrogens (primary N) is 6. The first-order valence-electron chi connectivity index (χ1n) is 44.5. The van der Waals surface area contributed by atoms with Crippen molar-refractivity contribution >= 4 is 192 Å². The van der Waals surface area contributed by atoms with Crippen molar-refractivity contribution in [3.63, 3.8) is 0 Å². The molecule has 132 heavy (non-hydrogen) atoms. The van der Waals surface area contributed by atoms with E-state index >= 15 is 0 Å². The van der Waals surface area contributed by atoms with E-state index in [9.17, 15) is 51.1 Å². The van der Waals surface area contributed by atoms with Gasteiger partial charge in [-0.15, -0.1) is 65.9 Å². The Balaban J connectivity index is 0.000000159. The van der Waals surface area contributed by atoms with Gasteiger partial charge in [-0.25, -0.2) is 54.8 Å². The largest absolute Gasteiger partial charge is 0.397 e. The Kier molecular flexibility index (Phi) is 36.3. The standard InChI is InChI=1S/C20H33N4O3PS.C19H31N4O3PS.C18H29N4O3PS.2C15H24N5O3P/c1-5-6-7-12-29-20-23-15-13(21)8-10-22-18(15)24(20)19-17(26)16(25)14(27-19)9-11-28(2,3)4;1-5-6-11-28-19-22-14-12(20)7-9-21-17(14)23(19)18-16(25)15(24)13(26-18)8-10-27(2,3)4;1-5-27-10-13-21-14-11(19)6-8-20-17(14)22(13)18-16(24)15(23)12(25-18)7-9-26(2,3)4;1-8-18-13(16)10-14(19-8)20(7-17-10)15-12(22)11(21)9(23-15)5-6-24(2,3)4;1-24(2,3)7-5-9-11(21)12(22)14(23-9)20-13-10(19-15(20)17)8(16)4-6-18-13/h8,10,14,16-17,19,25-26H,2,5-7,9,11-12H2,1,3-4H3,(H2,21,22);7,9,13,15-16,18,24-25H,2,5-6,8,10-11H2,1,3-4H3,(H2,20,21);6,8,12,15-16,18,23-24H,2,5,7,9-10H2,1,3-4H3,(H2,19,20);7,9,11-12,15,21-22H,2,5-6H2,1,3-4H3,(H2,16,18,19);4,6,9,11-12,14,21-22H,1,5,7H2,2-3H3,(H2,16,18)(H2,17,19)/t14-,16-,17-,19-;13-,15-,16-,18-;12-,15-,16-,18-;9-,11-,12-,15-;9-,11-,12-,14-/m11111/s1. The van der Waals surface area contributed by atoms with Crippen LogP contribution in [0, 0.1) is 6.92 Å². The number of rotatable bonds is 32. The van der Waals surface area contributed by atoms with Crippen LogP contribution in [0.1, 0.15) is 128 Å². The fraction of sp³-hybridized carbons (Fsp3) is 0.609. The third-order valence-electron chi connectivity index (χ3n) is 23.3. The molecule has 0 amide bonds. The van der Waals surface area contributed by atoms with Gasteiger partial charge in [0.15, 0.2) is 75.5 Å². The van der Waals surface area contributed by atoms with Crippen LogP contribution in [0.5, 0.6) is 0 Å². The fourth-order valence-corrected chi connectivity index (χ4v) is 23.4. The minimum Gasteiger partial charge on any atom is -0.397 e. The Morgan fingerprint density at radius 1 is 0.364 bits per heavy atom. The molecule has 0 radical (unpaired) electrons. The Labute approximate surface area is 785 Å². The van der Waals surface area contributed by atoms with Crippen molar-refractivity contribution in [3.8, 4) is 0 Å². The van der Waals surface area contributed by atoms with Crippen LogP contribution >= 0.6 is 69.7 Å². The number of pyridine rings is 4. The topological polar surface area (TPSA) is 571 Å². The number of thioether (sulfide) groups is 3. The number of imidazole rings is 5. The van der Waals surface area contributed by atoms with E-state index in [1.165, 1.54) is 10.9 Å². The third-order valence-corrected chi connectivity index (χ3v) is 33.5. The summed E-state index contributed by atoms with van der Waals surface area (Å²) < 4.78 is 38.8. The summed E-state index contributed by atoms with van der Waals surface area (Å²) in [6, 6.07) is 6.77. The Morgan fingerprint density at radius 3 is 1.05 bits per heavy atom. The zero-order valence-corrected chi connectivity index (χ0v) is 85.2. The van der Waals surface area contributed by atoms with E-state index < -0.39 is 157 Å². The van der Waals surface area contributed by atoms with Crippen LogP contribution in [0.25, 0.3) is 55.8 Å². The number of aromatic nitrogens is 16. The number of nitrogens with zero attached hydrogens (tertiary/aromatic N) is 16. The molecule has 0 bridgehead atoms. The maximum Gasteiger partial charge on any atom is 0.204 e. The van der Waals surface area contributed by atoms with Gasteiger partial charge in [-0.1, -0.05) is 63.6 Å². The SMILES string of the molecule is C=P(C)(C)CC[C@H]1O[C@@H](n2c(CSCC)nc3c(N)ccnc32)[C@H](O)[C@@H]1O.C=P(C)(C)CC[C@H]1O[C@@H](n2c(N)nc3c(N)ccnc32)[C@H](O)[C@@H]1O.C=P(C)(C)CC[C@H]1O[C@@H](n2c(SCCCC)nc3c(N)ccnc32)[C@H](O)[C@@H]1O.C=P(C)(C)CC[C@H]1O[C@@H](n2c(SCCCCC)nc3c(N)ccnc32)[C@H](O)[C@@H]1O.C=P(C)(C)CC[C@H]1O[C@@H](n2cnc3c(N)nc(C)nc32)[C@H](O)[C@@H]1O. The number of unbranched alkanes of at least 4 members (excludes halogenated alkanes) is 3. The molecule has 5 aliphatic rings. The molecule has 0 spiro atoms. The van der Waals surface area contributed by atoms with Crippen LogP contribution in [-0.2, 0) is 29.4 Å². The van der Waals surface area contributed by atoms with Gasteiger partial charge in [-0.05, 0) is 179 Å². The molecule has 37 nitrogen and oxygen atoms in total. The lowest BCUT2D eigenvalue weighted by Crippen LogP contribution is -2.32. The van der Waals surface area contributed by atoms with Crippen molar-refractivity contribution in [1.29, 1.82) is 0 Å². The summed E-state index contributed by atoms with van der Waals surface area (Å²) in [5, 5.41) is 107. The number of fused-ring (bicyclic) bond motifs is 5. The minimum absolute atomic E-state index is 0.136. The highest BCUT2D eigenvalue weighted by Gasteiger charge is 2.50. The lowest BCUT2D eigenvalue weighted by Gasteiger charge is -2.20. The van der Waals surface area contributed by atoms with Crippen molar-refractivity contribution in [2.75, 3.05) is 149 Å². The summed E-state index contributed by atoms with van der Waals surface area (Å²) in [6.07, 6.45) is 25.9. The second kappa shape index (κ2) is 45.1. The van der Waals surface area contributed by atoms with E-state index in [0.29, 0.717) is 133 Å². The van der Waals surface area contributed by atoms with Gasteiger partial charge in [0.1, 0.15) is 100 Å². The van der Waals surface area contributed by atoms with Gasteiger partial charge in [0, 0.05) is 36.3 Å². The van der Waals surface area contributed by atoms with Crippen molar-refractivity contribution in [2.45, 2.75) is 231 Å². The van der Waals surface area contributed by atoms with E-state index in [-0.39, 0.29) is 11.8 Å². The highest BCUT2D eigenvalue weighted by molar-refractivity contribution is 7.99. The molecule has 732 valence electrons. The van der Waals surface area contributed by atoms with Gasteiger partial charge in [0.2, 0.25) is 5.95 Å². The van der Waals surface area contributed by atoms with Crippen LogP contribution < -0.4 is 34.4 Å². The van der Waals surface area contributed by atoms with Gasteiger partial charge in [0.25, 0.3) is 0 Å².